The fourth-order valence-electron chi connectivity index (χ4n) is 2.35. The smallest absolute Gasteiger partial charge is 0.191 e. The summed E-state index contributed by atoms with van der Waals surface area (Å²) in [6, 6.07) is 13.1. The standard InChI is InChI=1S/C19H24ClN3O2/c1-3-21-19(23-13-14-7-9-16(20)10-8-14)22-12-11-15-5-4-6-17(25-2)18(15)24/h4-10,24H,3,11-13H2,1-2H3,(H2,21,22,23). The van der Waals surface area contributed by atoms with Crippen molar-refractivity contribution in [2.24, 2.45) is 4.99 Å². The monoisotopic (exact) mass is 361 g/mol. The van der Waals surface area contributed by atoms with Crippen LogP contribution in [0.5, 0.6) is 11.5 Å². The summed E-state index contributed by atoms with van der Waals surface area (Å²) in [7, 11) is 1.55. The molecule has 2 rings (SSSR count). The van der Waals surface area contributed by atoms with Crippen LogP contribution in [0.4, 0.5) is 0 Å². The van der Waals surface area contributed by atoms with Crippen molar-refractivity contribution in [2.75, 3.05) is 20.2 Å². The number of para-hydroxylation sites is 1. The van der Waals surface area contributed by atoms with E-state index in [1.165, 1.54) is 0 Å². The fraction of sp³-hybridized carbons (Fsp3) is 0.316. The number of benzene rings is 2. The highest BCUT2D eigenvalue weighted by molar-refractivity contribution is 6.30. The van der Waals surface area contributed by atoms with Gasteiger partial charge in [-0.3, -0.25) is 0 Å². The van der Waals surface area contributed by atoms with Gasteiger partial charge in [0.2, 0.25) is 0 Å². The molecule has 0 saturated heterocycles. The Labute approximate surface area is 153 Å². The lowest BCUT2D eigenvalue weighted by Gasteiger charge is -2.13. The van der Waals surface area contributed by atoms with Crippen molar-refractivity contribution in [1.82, 2.24) is 10.6 Å². The Hall–Kier alpha value is -2.40. The molecule has 0 radical (unpaired) electrons. The third kappa shape index (κ3) is 5.87. The number of phenols is 1. The number of guanidine groups is 1. The van der Waals surface area contributed by atoms with E-state index < -0.39 is 0 Å². The first-order chi connectivity index (χ1) is 12.1. The Kier molecular flexibility index (Phi) is 7.41. The number of aliphatic imine (C=N–C) groups is 1. The maximum Gasteiger partial charge on any atom is 0.191 e. The van der Waals surface area contributed by atoms with Gasteiger partial charge in [0, 0.05) is 18.1 Å². The van der Waals surface area contributed by atoms with E-state index in [9.17, 15) is 5.11 Å². The first kappa shape index (κ1) is 18.9. The number of phenolic OH excluding ortho intramolecular Hbond substituents is 1. The van der Waals surface area contributed by atoms with Crippen LogP contribution in [0.1, 0.15) is 18.1 Å². The van der Waals surface area contributed by atoms with Gasteiger partial charge >= 0.3 is 0 Å². The number of aromatic hydroxyl groups is 1. The Balaban J connectivity index is 1.93. The molecular weight excluding hydrogens is 338 g/mol. The van der Waals surface area contributed by atoms with Gasteiger partial charge in [-0.2, -0.15) is 0 Å². The lowest BCUT2D eigenvalue weighted by atomic mass is 10.1. The minimum atomic E-state index is 0.190. The topological polar surface area (TPSA) is 65.9 Å². The first-order valence-electron chi connectivity index (χ1n) is 8.25. The summed E-state index contributed by atoms with van der Waals surface area (Å²) in [6.45, 7) is 4.01. The van der Waals surface area contributed by atoms with Crippen molar-refractivity contribution in [1.29, 1.82) is 0 Å². The van der Waals surface area contributed by atoms with E-state index in [-0.39, 0.29) is 5.75 Å². The van der Waals surface area contributed by atoms with Crippen LogP contribution in [-0.4, -0.2) is 31.3 Å². The number of methoxy groups -OCH3 is 1. The molecule has 134 valence electrons. The van der Waals surface area contributed by atoms with E-state index in [1.54, 1.807) is 13.2 Å². The van der Waals surface area contributed by atoms with E-state index in [1.807, 2.05) is 43.3 Å². The van der Waals surface area contributed by atoms with Gasteiger partial charge in [-0.1, -0.05) is 35.9 Å². The van der Waals surface area contributed by atoms with Gasteiger partial charge in [0.25, 0.3) is 0 Å². The van der Waals surface area contributed by atoms with Crippen molar-refractivity contribution in [3.8, 4) is 11.5 Å². The minimum Gasteiger partial charge on any atom is -0.504 e. The second-order valence-corrected chi connectivity index (χ2v) is 5.90. The quantitative estimate of drug-likeness (QED) is 0.522. The number of rotatable bonds is 7. The predicted molar refractivity (Wildman–Crippen MR) is 103 cm³/mol. The third-order valence-corrected chi connectivity index (χ3v) is 3.92. The van der Waals surface area contributed by atoms with Crippen LogP contribution in [0.25, 0.3) is 0 Å². The molecule has 5 nitrogen and oxygen atoms in total. The third-order valence-electron chi connectivity index (χ3n) is 3.67. The number of halogens is 1. The van der Waals surface area contributed by atoms with Gasteiger partial charge < -0.3 is 20.5 Å². The van der Waals surface area contributed by atoms with Gasteiger partial charge in [-0.05, 0) is 42.7 Å². The Morgan fingerprint density at radius 2 is 1.92 bits per heavy atom. The maximum absolute atomic E-state index is 10.1. The molecule has 0 aromatic heterocycles. The largest absolute Gasteiger partial charge is 0.504 e. The highest BCUT2D eigenvalue weighted by Crippen LogP contribution is 2.29. The molecule has 0 aliphatic carbocycles. The molecule has 0 aliphatic heterocycles. The second-order valence-electron chi connectivity index (χ2n) is 5.47. The molecule has 0 fully saturated rings. The van der Waals surface area contributed by atoms with Crippen LogP contribution in [0.3, 0.4) is 0 Å². The molecule has 0 heterocycles. The lowest BCUT2D eigenvalue weighted by molar-refractivity contribution is 0.370. The highest BCUT2D eigenvalue weighted by Gasteiger charge is 2.07. The molecule has 25 heavy (non-hydrogen) atoms. The molecule has 2 aromatic rings. The highest BCUT2D eigenvalue weighted by atomic mass is 35.5. The van der Waals surface area contributed by atoms with Crippen LogP contribution in [0.15, 0.2) is 47.5 Å². The zero-order valence-electron chi connectivity index (χ0n) is 14.6. The van der Waals surface area contributed by atoms with E-state index in [0.29, 0.717) is 25.3 Å². The minimum absolute atomic E-state index is 0.190. The fourth-order valence-corrected chi connectivity index (χ4v) is 2.48. The van der Waals surface area contributed by atoms with Crippen LogP contribution in [0, 0.1) is 0 Å². The van der Waals surface area contributed by atoms with Crippen molar-refractivity contribution in [3.63, 3.8) is 0 Å². The van der Waals surface area contributed by atoms with Crippen molar-refractivity contribution in [3.05, 3.63) is 58.6 Å². The summed E-state index contributed by atoms with van der Waals surface area (Å²) in [5, 5.41) is 17.3. The summed E-state index contributed by atoms with van der Waals surface area (Å²) in [5.41, 5.74) is 1.92. The van der Waals surface area contributed by atoms with E-state index >= 15 is 0 Å². The van der Waals surface area contributed by atoms with Gasteiger partial charge in [0.1, 0.15) is 0 Å². The van der Waals surface area contributed by atoms with Crippen LogP contribution in [0.2, 0.25) is 5.02 Å². The number of nitrogens with one attached hydrogen (secondary N) is 2. The zero-order valence-corrected chi connectivity index (χ0v) is 15.3. The average Bonchev–Trinajstić information content (AvgIpc) is 2.62. The summed E-state index contributed by atoms with van der Waals surface area (Å²) in [4.78, 5) is 4.56. The van der Waals surface area contributed by atoms with Crippen LogP contribution >= 0.6 is 11.6 Å². The normalized spacial score (nSPS) is 11.2. The van der Waals surface area contributed by atoms with Crippen LogP contribution in [-0.2, 0) is 13.0 Å². The summed E-state index contributed by atoms with van der Waals surface area (Å²) >= 11 is 5.90. The Bertz CT molecular complexity index is 702. The first-order valence-corrected chi connectivity index (χ1v) is 8.63. The second kappa shape index (κ2) is 9.79. The number of ether oxygens (including phenoxy) is 1. The molecule has 0 aliphatic rings. The summed E-state index contributed by atoms with van der Waals surface area (Å²) in [6.07, 6.45) is 0.661. The molecule has 0 bridgehead atoms. The summed E-state index contributed by atoms with van der Waals surface area (Å²) < 4.78 is 5.13. The van der Waals surface area contributed by atoms with Gasteiger partial charge in [0.15, 0.2) is 17.5 Å². The van der Waals surface area contributed by atoms with Crippen molar-refractivity contribution in [2.45, 2.75) is 19.9 Å². The lowest BCUT2D eigenvalue weighted by Crippen LogP contribution is -2.38. The number of nitrogens with zero attached hydrogens (tertiary/aromatic N) is 1. The SMILES string of the molecule is CCNC(=NCc1ccc(Cl)cc1)NCCc1cccc(OC)c1O. The van der Waals surface area contributed by atoms with Crippen LogP contribution < -0.4 is 15.4 Å². The van der Waals surface area contributed by atoms with E-state index in [4.69, 9.17) is 16.3 Å². The zero-order chi connectivity index (χ0) is 18.1. The van der Waals surface area contributed by atoms with Gasteiger partial charge in [0.05, 0.1) is 13.7 Å². The molecular formula is C19H24ClN3O2. The number of hydrogen-bond acceptors (Lipinski definition) is 3. The average molecular weight is 362 g/mol. The molecule has 0 amide bonds. The molecule has 0 saturated carbocycles. The summed E-state index contributed by atoms with van der Waals surface area (Å²) in [5.74, 6) is 1.41. The molecule has 2 aromatic carbocycles. The van der Waals surface area contributed by atoms with Gasteiger partial charge in [-0.25, -0.2) is 4.99 Å². The van der Waals surface area contributed by atoms with Crippen molar-refractivity contribution >= 4 is 17.6 Å². The molecule has 6 heteroatoms. The van der Waals surface area contributed by atoms with E-state index in [2.05, 4.69) is 15.6 Å². The molecule has 0 atom stereocenters. The van der Waals surface area contributed by atoms with Crippen molar-refractivity contribution < 1.29 is 9.84 Å². The van der Waals surface area contributed by atoms with E-state index in [0.717, 1.165) is 28.7 Å². The predicted octanol–water partition coefficient (Wildman–Crippen LogP) is 3.35. The Morgan fingerprint density at radius 3 is 2.60 bits per heavy atom. The molecule has 0 spiro atoms. The molecule has 3 N–H and O–H groups in total. The van der Waals surface area contributed by atoms with Gasteiger partial charge in [-0.15, -0.1) is 0 Å². The molecule has 0 unspecified atom stereocenters. The Morgan fingerprint density at radius 1 is 1.16 bits per heavy atom. The maximum atomic E-state index is 10.1. The number of hydrogen-bond donors (Lipinski definition) is 3.